The summed E-state index contributed by atoms with van der Waals surface area (Å²) in [7, 11) is -6.01. The molecule has 0 fully saturated rings. The fourth-order valence-corrected chi connectivity index (χ4v) is 5.21. The third-order valence-corrected chi connectivity index (χ3v) is 8.83. The number of hydrogen-bond donors (Lipinski definition) is 2. The number of benzene rings is 2. The third-order valence-electron chi connectivity index (χ3n) is 4.53. The van der Waals surface area contributed by atoms with Crippen LogP contribution in [0.5, 0.6) is 0 Å². The SMILES string of the molecule is CC(C)S(=O)(=O)c1ccccc1Nc1nc(Nc2ccc(P(C)(C)=O)cc2Cl)nnc1Cl. The van der Waals surface area contributed by atoms with Gasteiger partial charge in [0.1, 0.15) is 7.14 Å². The van der Waals surface area contributed by atoms with Crippen molar-refractivity contribution in [1.29, 1.82) is 0 Å². The standard InChI is InChI=1S/C20H22Cl2N5O3PS/c1-12(2)32(29,30)17-8-6-5-7-16(17)23-19-18(22)26-27-20(25-19)24-15-10-9-13(11-14(15)21)31(3,4)28/h5-12H,1-4H3,(H2,23,24,25,27). The zero-order valence-corrected chi connectivity index (χ0v) is 21.0. The van der Waals surface area contributed by atoms with Crippen molar-refractivity contribution in [1.82, 2.24) is 15.2 Å². The van der Waals surface area contributed by atoms with E-state index in [1.807, 2.05) is 0 Å². The summed E-state index contributed by atoms with van der Waals surface area (Å²) < 4.78 is 37.7. The molecule has 8 nitrogen and oxygen atoms in total. The van der Waals surface area contributed by atoms with Crippen molar-refractivity contribution in [3.05, 3.63) is 52.6 Å². The second kappa shape index (κ2) is 9.35. The third kappa shape index (κ3) is 5.41. The summed E-state index contributed by atoms with van der Waals surface area (Å²) in [5.74, 6) is 0.210. The average Bonchev–Trinajstić information content (AvgIpc) is 2.71. The molecule has 3 rings (SSSR count). The van der Waals surface area contributed by atoms with Gasteiger partial charge < -0.3 is 15.2 Å². The molecule has 12 heteroatoms. The maximum atomic E-state index is 12.7. The Bertz CT molecular complexity index is 1310. The van der Waals surface area contributed by atoms with Crippen LogP contribution in [0.2, 0.25) is 10.2 Å². The van der Waals surface area contributed by atoms with E-state index in [-0.39, 0.29) is 21.8 Å². The van der Waals surface area contributed by atoms with Gasteiger partial charge in [0.25, 0.3) is 0 Å². The van der Waals surface area contributed by atoms with Gasteiger partial charge in [0, 0.05) is 5.30 Å². The molecule has 32 heavy (non-hydrogen) atoms. The highest BCUT2D eigenvalue weighted by molar-refractivity contribution is 7.92. The van der Waals surface area contributed by atoms with E-state index in [0.717, 1.165) is 0 Å². The number of nitrogens with zero attached hydrogens (tertiary/aromatic N) is 3. The van der Waals surface area contributed by atoms with Crippen molar-refractivity contribution >= 4 is 68.6 Å². The van der Waals surface area contributed by atoms with E-state index in [1.54, 1.807) is 63.6 Å². The van der Waals surface area contributed by atoms with Gasteiger partial charge in [0.15, 0.2) is 20.8 Å². The van der Waals surface area contributed by atoms with Crippen LogP contribution in [0.3, 0.4) is 0 Å². The number of nitrogens with one attached hydrogen (secondary N) is 2. The Kier molecular flexibility index (Phi) is 7.15. The molecule has 0 bridgehead atoms. The lowest BCUT2D eigenvalue weighted by Crippen LogP contribution is -2.16. The minimum Gasteiger partial charge on any atom is -0.336 e. The molecule has 0 aliphatic rings. The van der Waals surface area contributed by atoms with Crippen molar-refractivity contribution in [3.63, 3.8) is 0 Å². The summed E-state index contributed by atoms with van der Waals surface area (Å²) in [6.07, 6.45) is 0. The van der Waals surface area contributed by atoms with Crippen molar-refractivity contribution in [2.45, 2.75) is 24.0 Å². The number of hydrogen-bond acceptors (Lipinski definition) is 8. The molecular weight excluding hydrogens is 492 g/mol. The number of aromatic nitrogens is 3. The summed E-state index contributed by atoms with van der Waals surface area (Å²) in [6.45, 7) is 6.54. The molecule has 0 atom stereocenters. The van der Waals surface area contributed by atoms with Crippen LogP contribution < -0.4 is 15.9 Å². The largest absolute Gasteiger partial charge is 0.336 e. The summed E-state index contributed by atoms with van der Waals surface area (Å²) in [5, 5.41) is 14.0. The van der Waals surface area contributed by atoms with Crippen LogP contribution in [0.4, 0.5) is 23.1 Å². The Hall–Kier alpha value is -2.19. The minimum absolute atomic E-state index is 0.0355. The molecule has 0 amide bonds. The lowest BCUT2D eigenvalue weighted by atomic mass is 10.3. The average molecular weight is 514 g/mol. The zero-order chi connectivity index (χ0) is 23.7. The topological polar surface area (TPSA) is 114 Å². The van der Waals surface area contributed by atoms with Gasteiger partial charge in [-0.3, -0.25) is 0 Å². The van der Waals surface area contributed by atoms with E-state index in [0.29, 0.717) is 21.7 Å². The molecule has 0 radical (unpaired) electrons. The van der Waals surface area contributed by atoms with E-state index in [2.05, 4.69) is 25.8 Å². The second-order valence-electron chi connectivity index (χ2n) is 7.63. The van der Waals surface area contributed by atoms with Crippen molar-refractivity contribution < 1.29 is 13.0 Å². The molecule has 1 aromatic heterocycles. The van der Waals surface area contributed by atoms with Crippen LogP contribution in [0.15, 0.2) is 47.4 Å². The van der Waals surface area contributed by atoms with E-state index < -0.39 is 22.2 Å². The molecule has 0 aliphatic carbocycles. The number of anilines is 4. The quantitative estimate of drug-likeness (QED) is 0.419. The smallest absolute Gasteiger partial charge is 0.249 e. The van der Waals surface area contributed by atoms with Crippen LogP contribution in [0.25, 0.3) is 0 Å². The summed E-state index contributed by atoms with van der Waals surface area (Å²) in [5.41, 5.74) is 0.806. The Morgan fingerprint density at radius 2 is 1.66 bits per heavy atom. The lowest BCUT2D eigenvalue weighted by Gasteiger charge is -2.15. The first kappa shape index (κ1) is 24.5. The van der Waals surface area contributed by atoms with Crippen LogP contribution in [-0.4, -0.2) is 42.2 Å². The van der Waals surface area contributed by atoms with Gasteiger partial charge in [0.05, 0.1) is 26.5 Å². The van der Waals surface area contributed by atoms with Gasteiger partial charge in [0.2, 0.25) is 5.95 Å². The fourth-order valence-electron chi connectivity index (χ4n) is 2.71. The summed E-state index contributed by atoms with van der Waals surface area (Å²) in [6, 6.07) is 11.5. The van der Waals surface area contributed by atoms with Crippen molar-refractivity contribution in [2.24, 2.45) is 0 Å². The van der Waals surface area contributed by atoms with Crippen LogP contribution >= 0.6 is 30.3 Å². The fraction of sp³-hybridized carbons (Fsp3) is 0.250. The van der Waals surface area contributed by atoms with Gasteiger partial charge in [-0.2, -0.15) is 4.98 Å². The molecule has 2 aromatic carbocycles. The van der Waals surface area contributed by atoms with Crippen molar-refractivity contribution in [2.75, 3.05) is 24.0 Å². The monoisotopic (exact) mass is 513 g/mol. The summed E-state index contributed by atoms with van der Waals surface area (Å²) >= 11 is 12.5. The van der Waals surface area contributed by atoms with Crippen LogP contribution in [0, 0.1) is 0 Å². The molecule has 170 valence electrons. The Morgan fingerprint density at radius 1 is 0.969 bits per heavy atom. The molecule has 0 saturated carbocycles. The number of rotatable bonds is 7. The highest BCUT2D eigenvalue weighted by Crippen LogP contribution is 2.37. The number of sulfone groups is 1. The van der Waals surface area contributed by atoms with Crippen LogP contribution in [0.1, 0.15) is 13.8 Å². The van der Waals surface area contributed by atoms with Crippen molar-refractivity contribution in [3.8, 4) is 0 Å². The molecule has 0 spiro atoms. The number of halogens is 2. The molecule has 3 aromatic rings. The first-order valence-corrected chi connectivity index (χ1v) is 14.4. The number of para-hydroxylation sites is 1. The predicted molar refractivity (Wildman–Crippen MR) is 131 cm³/mol. The normalized spacial score (nSPS) is 12.1. The molecule has 1 heterocycles. The maximum absolute atomic E-state index is 12.7. The van der Waals surface area contributed by atoms with Crippen LogP contribution in [-0.2, 0) is 14.4 Å². The lowest BCUT2D eigenvalue weighted by molar-refractivity contribution is 0.587. The molecular formula is C20H22Cl2N5O3PS. The summed E-state index contributed by atoms with van der Waals surface area (Å²) in [4.78, 5) is 4.43. The van der Waals surface area contributed by atoms with Gasteiger partial charge >= 0.3 is 0 Å². The van der Waals surface area contributed by atoms with E-state index in [1.165, 1.54) is 6.07 Å². The Labute approximate surface area is 197 Å². The van der Waals surface area contributed by atoms with Gasteiger partial charge in [-0.25, -0.2) is 8.42 Å². The molecule has 0 unspecified atom stereocenters. The van der Waals surface area contributed by atoms with E-state index in [4.69, 9.17) is 23.2 Å². The molecule has 0 aliphatic heterocycles. The zero-order valence-electron chi connectivity index (χ0n) is 17.8. The highest BCUT2D eigenvalue weighted by atomic mass is 35.5. The maximum Gasteiger partial charge on any atom is 0.249 e. The Balaban J connectivity index is 1.93. The first-order chi connectivity index (χ1) is 14.9. The second-order valence-corrected chi connectivity index (χ2v) is 14.1. The van der Waals surface area contributed by atoms with Gasteiger partial charge in [-0.05, 0) is 57.5 Å². The predicted octanol–water partition coefficient (Wildman–Crippen LogP) is 5.10. The Morgan fingerprint density at radius 3 is 2.28 bits per heavy atom. The van der Waals surface area contributed by atoms with E-state index in [9.17, 15) is 13.0 Å². The molecule has 0 saturated heterocycles. The van der Waals surface area contributed by atoms with Gasteiger partial charge in [-0.15, -0.1) is 10.2 Å². The molecule has 2 N–H and O–H groups in total. The van der Waals surface area contributed by atoms with E-state index >= 15 is 0 Å². The first-order valence-electron chi connectivity index (χ1n) is 9.52. The highest BCUT2D eigenvalue weighted by Gasteiger charge is 2.23. The minimum atomic E-state index is -3.55. The van der Waals surface area contributed by atoms with Gasteiger partial charge in [-0.1, -0.05) is 35.3 Å².